The maximum absolute atomic E-state index is 11.9. The van der Waals surface area contributed by atoms with Crippen LogP contribution in [0.2, 0.25) is 0 Å². The minimum absolute atomic E-state index is 0.0704. The highest BCUT2D eigenvalue weighted by Crippen LogP contribution is 2.27. The van der Waals surface area contributed by atoms with E-state index in [2.05, 4.69) is 5.32 Å². The van der Waals surface area contributed by atoms with E-state index in [4.69, 9.17) is 9.84 Å². The Balaban J connectivity index is 2.47. The van der Waals surface area contributed by atoms with Crippen LogP contribution in [0.4, 0.5) is 0 Å². The van der Waals surface area contributed by atoms with Gasteiger partial charge in [0.1, 0.15) is 11.4 Å². The van der Waals surface area contributed by atoms with Crippen molar-refractivity contribution in [3.63, 3.8) is 0 Å². The number of hydrogen-bond donors (Lipinski definition) is 2. The highest BCUT2D eigenvalue weighted by Gasteiger charge is 2.14. The summed E-state index contributed by atoms with van der Waals surface area (Å²) in [4.78, 5) is 11.9. The number of ether oxygens (including phenoxy) is 1. The van der Waals surface area contributed by atoms with Gasteiger partial charge < -0.3 is 19.7 Å². The zero-order chi connectivity index (χ0) is 13.1. The van der Waals surface area contributed by atoms with Crippen LogP contribution in [0.3, 0.4) is 0 Å². The molecule has 1 aromatic heterocycles. The monoisotopic (exact) mass is 248 g/mol. The third-order valence-electron chi connectivity index (χ3n) is 2.90. The average molecular weight is 248 g/mol. The lowest BCUT2D eigenvalue weighted by atomic mass is 10.2. The number of nitrogens with zero attached hydrogens (tertiary/aromatic N) is 1. The van der Waals surface area contributed by atoms with Crippen LogP contribution < -0.4 is 10.1 Å². The third kappa shape index (κ3) is 2.04. The minimum Gasteiger partial charge on any atom is -0.496 e. The predicted molar refractivity (Wildman–Crippen MR) is 68.9 cm³/mol. The molecule has 18 heavy (non-hydrogen) atoms. The summed E-state index contributed by atoms with van der Waals surface area (Å²) in [5, 5.41) is 12.2. The van der Waals surface area contributed by atoms with Gasteiger partial charge in [-0.1, -0.05) is 6.07 Å². The number of nitrogens with one attached hydrogen (secondary N) is 1. The molecule has 2 N–H and O–H groups in total. The fourth-order valence-corrected chi connectivity index (χ4v) is 1.99. The molecule has 0 aliphatic rings. The van der Waals surface area contributed by atoms with Gasteiger partial charge >= 0.3 is 0 Å². The molecule has 1 aromatic carbocycles. The number of fused-ring (bicyclic) bond motifs is 1. The standard InChI is InChI=1S/C13H16N2O3/c1-15-10-4-3-5-12(18-2)9(10)8-11(15)13(17)14-6-7-16/h3-5,8,16H,6-7H2,1-2H3,(H,14,17). The van der Waals surface area contributed by atoms with Gasteiger partial charge in [0, 0.05) is 19.0 Å². The van der Waals surface area contributed by atoms with E-state index in [1.807, 2.05) is 29.8 Å². The van der Waals surface area contributed by atoms with E-state index < -0.39 is 0 Å². The number of carbonyl (C=O) groups excluding carboxylic acids is 1. The summed E-state index contributed by atoms with van der Waals surface area (Å²) in [6, 6.07) is 7.47. The Morgan fingerprint density at radius 1 is 1.50 bits per heavy atom. The number of aryl methyl sites for hydroxylation is 1. The molecule has 5 heteroatoms. The normalized spacial score (nSPS) is 10.6. The quantitative estimate of drug-likeness (QED) is 0.845. The summed E-state index contributed by atoms with van der Waals surface area (Å²) in [6.45, 7) is 0.177. The molecule has 0 saturated heterocycles. The third-order valence-corrected chi connectivity index (χ3v) is 2.90. The largest absolute Gasteiger partial charge is 0.496 e. The number of hydrogen-bond acceptors (Lipinski definition) is 3. The molecule has 0 atom stereocenters. The van der Waals surface area contributed by atoms with Crippen LogP contribution in [0.15, 0.2) is 24.3 Å². The first-order chi connectivity index (χ1) is 8.69. The van der Waals surface area contributed by atoms with Crippen LogP contribution in [-0.2, 0) is 7.05 Å². The van der Waals surface area contributed by atoms with Gasteiger partial charge in [-0.25, -0.2) is 0 Å². The SMILES string of the molecule is COc1cccc2c1cc(C(=O)NCCO)n2C. The molecule has 0 saturated carbocycles. The van der Waals surface area contributed by atoms with E-state index >= 15 is 0 Å². The number of aromatic nitrogens is 1. The molecule has 1 heterocycles. The van der Waals surface area contributed by atoms with Crippen LogP contribution in [0.25, 0.3) is 10.9 Å². The second-order valence-corrected chi connectivity index (χ2v) is 3.96. The second kappa shape index (κ2) is 5.10. The van der Waals surface area contributed by atoms with Crippen molar-refractivity contribution >= 4 is 16.8 Å². The summed E-state index contributed by atoms with van der Waals surface area (Å²) in [6.07, 6.45) is 0. The van der Waals surface area contributed by atoms with E-state index in [0.717, 1.165) is 16.7 Å². The number of benzene rings is 1. The number of aliphatic hydroxyl groups is 1. The number of carbonyl (C=O) groups is 1. The van der Waals surface area contributed by atoms with Crippen molar-refractivity contribution in [1.82, 2.24) is 9.88 Å². The lowest BCUT2D eigenvalue weighted by Crippen LogP contribution is -2.27. The molecule has 0 aliphatic carbocycles. The number of rotatable bonds is 4. The Morgan fingerprint density at radius 2 is 2.28 bits per heavy atom. The molecule has 2 rings (SSSR count). The van der Waals surface area contributed by atoms with Crippen molar-refractivity contribution < 1.29 is 14.6 Å². The van der Waals surface area contributed by atoms with Crippen molar-refractivity contribution in [2.45, 2.75) is 0 Å². The van der Waals surface area contributed by atoms with Crippen molar-refractivity contribution in [2.75, 3.05) is 20.3 Å². The molecular formula is C13H16N2O3. The number of amides is 1. The predicted octanol–water partition coefficient (Wildman–Crippen LogP) is 0.909. The molecule has 96 valence electrons. The average Bonchev–Trinajstić information content (AvgIpc) is 2.73. The maximum atomic E-state index is 11.9. The highest BCUT2D eigenvalue weighted by molar-refractivity contribution is 6.00. The van der Waals surface area contributed by atoms with Gasteiger partial charge in [-0.15, -0.1) is 0 Å². The molecular weight excluding hydrogens is 232 g/mol. The first-order valence-corrected chi connectivity index (χ1v) is 5.70. The van der Waals surface area contributed by atoms with Crippen LogP contribution in [0.5, 0.6) is 5.75 Å². The smallest absolute Gasteiger partial charge is 0.268 e. The van der Waals surface area contributed by atoms with Gasteiger partial charge in [0.15, 0.2) is 0 Å². The van der Waals surface area contributed by atoms with Crippen molar-refractivity contribution in [3.05, 3.63) is 30.0 Å². The Labute approximate surface area is 105 Å². The number of methoxy groups -OCH3 is 1. The maximum Gasteiger partial charge on any atom is 0.268 e. The topological polar surface area (TPSA) is 63.5 Å². The molecule has 0 spiro atoms. The Morgan fingerprint density at radius 3 is 2.94 bits per heavy atom. The molecule has 5 nitrogen and oxygen atoms in total. The lowest BCUT2D eigenvalue weighted by molar-refractivity contribution is 0.0937. The fraction of sp³-hybridized carbons (Fsp3) is 0.308. The highest BCUT2D eigenvalue weighted by atomic mass is 16.5. The van der Waals surface area contributed by atoms with Crippen molar-refractivity contribution in [3.8, 4) is 5.75 Å². The molecule has 2 aromatic rings. The van der Waals surface area contributed by atoms with E-state index in [-0.39, 0.29) is 19.1 Å². The molecule has 1 amide bonds. The lowest BCUT2D eigenvalue weighted by Gasteiger charge is -2.05. The van der Waals surface area contributed by atoms with E-state index in [1.54, 1.807) is 13.2 Å². The zero-order valence-electron chi connectivity index (χ0n) is 10.4. The van der Waals surface area contributed by atoms with Gasteiger partial charge in [-0.2, -0.15) is 0 Å². The molecule has 0 bridgehead atoms. The summed E-state index contributed by atoms with van der Waals surface area (Å²) in [5.74, 6) is 0.536. The van der Waals surface area contributed by atoms with E-state index in [1.165, 1.54) is 0 Å². The summed E-state index contributed by atoms with van der Waals surface area (Å²) < 4.78 is 7.08. The molecule has 0 unspecified atom stereocenters. The first-order valence-electron chi connectivity index (χ1n) is 5.70. The Kier molecular flexibility index (Phi) is 3.53. The second-order valence-electron chi connectivity index (χ2n) is 3.96. The summed E-state index contributed by atoms with van der Waals surface area (Å²) in [7, 11) is 3.43. The van der Waals surface area contributed by atoms with Crippen LogP contribution in [0.1, 0.15) is 10.5 Å². The van der Waals surface area contributed by atoms with Gasteiger partial charge in [-0.3, -0.25) is 4.79 Å². The first kappa shape index (κ1) is 12.4. The zero-order valence-corrected chi connectivity index (χ0v) is 10.4. The fourth-order valence-electron chi connectivity index (χ4n) is 1.99. The van der Waals surface area contributed by atoms with E-state index in [9.17, 15) is 4.79 Å². The van der Waals surface area contributed by atoms with E-state index in [0.29, 0.717) is 5.69 Å². The molecule has 0 aliphatic heterocycles. The number of aliphatic hydroxyl groups excluding tert-OH is 1. The van der Waals surface area contributed by atoms with Gasteiger partial charge in [-0.05, 0) is 18.2 Å². The van der Waals surface area contributed by atoms with Crippen LogP contribution in [0, 0.1) is 0 Å². The Hall–Kier alpha value is -2.01. The minimum atomic E-state index is -0.204. The van der Waals surface area contributed by atoms with Crippen LogP contribution in [-0.4, -0.2) is 35.8 Å². The van der Waals surface area contributed by atoms with Crippen LogP contribution >= 0.6 is 0 Å². The van der Waals surface area contributed by atoms with Gasteiger partial charge in [0.2, 0.25) is 0 Å². The molecule has 0 radical (unpaired) electrons. The van der Waals surface area contributed by atoms with Gasteiger partial charge in [0.25, 0.3) is 5.91 Å². The summed E-state index contributed by atoms with van der Waals surface area (Å²) >= 11 is 0. The van der Waals surface area contributed by atoms with Crippen molar-refractivity contribution in [2.24, 2.45) is 7.05 Å². The summed E-state index contributed by atoms with van der Waals surface area (Å²) in [5.41, 5.74) is 1.48. The van der Waals surface area contributed by atoms with Gasteiger partial charge in [0.05, 0.1) is 19.2 Å². The molecule has 0 fully saturated rings. The van der Waals surface area contributed by atoms with Crippen molar-refractivity contribution in [1.29, 1.82) is 0 Å². The Bertz CT molecular complexity index is 575.